The second kappa shape index (κ2) is 6.05. The van der Waals surface area contributed by atoms with Gasteiger partial charge in [-0.3, -0.25) is 4.99 Å². The van der Waals surface area contributed by atoms with Gasteiger partial charge in [0, 0.05) is 17.3 Å². The van der Waals surface area contributed by atoms with Crippen LogP contribution in [0.5, 0.6) is 0 Å². The number of hydrogen-bond donors (Lipinski definition) is 2. The van der Waals surface area contributed by atoms with Crippen LogP contribution in [-0.2, 0) is 0 Å². The van der Waals surface area contributed by atoms with E-state index < -0.39 is 0 Å². The van der Waals surface area contributed by atoms with Crippen molar-refractivity contribution in [3.63, 3.8) is 0 Å². The van der Waals surface area contributed by atoms with E-state index in [9.17, 15) is 0 Å². The third-order valence-corrected chi connectivity index (χ3v) is 4.46. The number of nitrogens with one attached hydrogen (secondary N) is 1. The molecule has 0 aromatic carbocycles. The summed E-state index contributed by atoms with van der Waals surface area (Å²) in [5.74, 6) is 1.87. The average Bonchev–Trinajstić information content (AvgIpc) is 2.77. The molecule has 1 fully saturated rings. The zero-order valence-electron chi connectivity index (χ0n) is 10.4. The summed E-state index contributed by atoms with van der Waals surface area (Å²) in [6, 6.07) is 4.24. The van der Waals surface area contributed by atoms with Crippen LogP contribution in [0.2, 0.25) is 0 Å². The molecule has 3 nitrogen and oxygen atoms in total. The van der Waals surface area contributed by atoms with E-state index in [1.165, 1.54) is 24.1 Å². The minimum absolute atomic E-state index is 0.457. The van der Waals surface area contributed by atoms with Gasteiger partial charge in [0.25, 0.3) is 0 Å². The van der Waals surface area contributed by atoms with Crippen LogP contribution >= 0.6 is 11.3 Å². The van der Waals surface area contributed by atoms with E-state index >= 15 is 0 Å². The molecule has 1 aromatic rings. The van der Waals surface area contributed by atoms with Crippen LogP contribution in [0.4, 0.5) is 0 Å². The first-order valence-corrected chi connectivity index (χ1v) is 7.21. The summed E-state index contributed by atoms with van der Waals surface area (Å²) in [5.41, 5.74) is 5.84. The van der Waals surface area contributed by atoms with Crippen LogP contribution in [0.1, 0.15) is 37.0 Å². The molecule has 1 aliphatic rings. The summed E-state index contributed by atoms with van der Waals surface area (Å²) < 4.78 is 0. The molecule has 1 heterocycles. The van der Waals surface area contributed by atoms with Crippen molar-refractivity contribution in [2.24, 2.45) is 16.6 Å². The number of nitrogens with two attached hydrogens (primary N) is 1. The predicted octanol–water partition coefficient (Wildman–Crippen LogP) is 2.56. The van der Waals surface area contributed by atoms with Gasteiger partial charge in [-0.2, -0.15) is 0 Å². The number of thiophene rings is 1. The van der Waals surface area contributed by atoms with E-state index in [4.69, 9.17) is 5.73 Å². The van der Waals surface area contributed by atoms with Crippen molar-refractivity contribution in [1.82, 2.24) is 5.32 Å². The molecule has 1 unspecified atom stereocenters. The normalized spacial score (nSPS) is 18.8. The fourth-order valence-corrected chi connectivity index (χ4v) is 2.68. The highest BCUT2D eigenvalue weighted by Crippen LogP contribution is 2.25. The summed E-state index contributed by atoms with van der Waals surface area (Å²) in [4.78, 5) is 5.78. The smallest absolute Gasteiger partial charge is 0.188 e. The van der Waals surface area contributed by atoms with Crippen LogP contribution in [-0.4, -0.2) is 19.0 Å². The number of rotatable bonds is 5. The van der Waals surface area contributed by atoms with Gasteiger partial charge in [-0.1, -0.05) is 19.4 Å². The molecule has 1 saturated carbocycles. The van der Waals surface area contributed by atoms with Crippen LogP contribution in [0.3, 0.4) is 0 Å². The highest BCUT2D eigenvalue weighted by atomic mass is 32.1. The predicted molar refractivity (Wildman–Crippen MR) is 74.6 cm³/mol. The highest BCUT2D eigenvalue weighted by molar-refractivity contribution is 7.10. The van der Waals surface area contributed by atoms with Crippen molar-refractivity contribution in [3.8, 4) is 0 Å². The lowest BCUT2D eigenvalue weighted by Crippen LogP contribution is -2.37. The van der Waals surface area contributed by atoms with Crippen molar-refractivity contribution in [2.75, 3.05) is 13.1 Å². The third kappa shape index (κ3) is 3.73. The highest BCUT2D eigenvalue weighted by Gasteiger charge is 2.16. The SMILES string of the molecule is CC(CN=C(N)NCC1CCC1)c1cccs1. The topological polar surface area (TPSA) is 50.4 Å². The van der Waals surface area contributed by atoms with E-state index in [1.807, 2.05) is 0 Å². The Bertz CT molecular complexity index is 355. The molecule has 0 saturated heterocycles. The van der Waals surface area contributed by atoms with Gasteiger partial charge in [-0.25, -0.2) is 0 Å². The van der Waals surface area contributed by atoms with Crippen LogP contribution in [0.15, 0.2) is 22.5 Å². The molecule has 1 aliphatic carbocycles. The van der Waals surface area contributed by atoms with Crippen LogP contribution in [0, 0.1) is 5.92 Å². The van der Waals surface area contributed by atoms with Gasteiger partial charge in [0.15, 0.2) is 5.96 Å². The second-order valence-corrected chi connectivity index (χ2v) is 5.80. The molecule has 17 heavy (non-hydrogen) atoms. The fourth-order valence-electron chi connectivity index (χ4n) is 1.90. The molecule has 0 radical (unpaired) electrons. The van der Waals surface area contributed by atoms with Crippen molar-refractivity contribution < 1.29 is 0 Å². The first-order valence-electron chi connectivity index (χ1n) is 6.33. The molecule has 0 bridgehead atoms. The Morgan fingerprint density at radius 1 is 1.65 bits per heavy atom. The molecule has 0 amide bonds. The van der Waals surface area contributed by atoms with E-state index in [0.29, 0.717) is 11.9 Å². The van der Waals surface area contributed by atoms with E-state index in [1.54, 1.807) is 11.3 Å². The molecule has 94 valence electrons. The Kier molecular flexibility index (Phi) is 4.42. The van der Waals surface area contributed by atoms with Gasteiger partial charge < -0.3 is 11.1 Å². The van der Waals surface area contributed by atoms with Gasteiger partial charge in [0.05, 0.1) is 6.54 Å². The van der Waals surface area contributed by atoms with Gasteiger partial charge in [0.1, 0.15) is 0 Å². The number of hydrogen-bond acceptors (Lipinski definition) is 2. The molecule has 0 spiro atoms. The van der Waals surface area contributed by atoms with Gasteiger partial charge in [-0.15, -0.1) is 11.3 Å². The van der Waals surface area contributed by atoms with Gasteiger partial charge in [0.2, 0.25) is 0 Å². The Morgan fingerprint density at radius 2 is 2.47 bits per heavy atom. The van der Waals surface area contributed by atoms with Crippen molar-refractivity contribution >= 4 is 17.3 Å². The van der Waals surface area contributed by atoms with E-state index in [2.05, 4.69) is 34.7 Å². The van der Waals surface area contributed by atoms with E-state index in [0.717, 1.165) is 19.0 Å². The quantitative estimate of drug-likeness (QED) is 0.624. The minimum atomic E-state index is 0.457. The molecular weight excluding hydrogens is 230 g/mol. The summed E-state index contributed by atoms with van der Waals surface area (Å²) in [6.07, 6.45) is 4.05. The molecule has 0 aliphatic heterocycles. The minimum Gasteiger partial charge on any atom is -0.370 e. The zero-order chi connectivity index (χ0) is 12.1. The third-order valence-electron chi connectivity index (χ3n) is 3.36. The zero-order valence-corrected chi connectivity index (χ0v) is 11.2. The number of guanidine groups is 1. The second-order valence-electron chi connectivity index (χ2n) is 4.82. The molecule has 1 aromatic heterocycles. The molecule has 1 atom stereocenters. The molecule has 3 N–H and O–H groups in total. The Hall–Kier alpha value is -1.03. The van der Waals surface area contributed by atoms with Crippen LogP contribution < -0.4 is 11.1 Å². The Morgan fingerprint density at radius 3 is 3.06 bits per heavy atom. The first kappa shape index (κ1) is 12.4. The lowest BCUT2D eigenvalue weighted by molar-refractivity contribution is 0.315. The molecule has 2 rings (SSSR count). The monoisotopic (exact) mass is 251 g/mol. The number of nitrogens with zero attached hydrogens (tertiary/aromatic N) is 1. The van der Waals surface area contributed by atoms with E-state index in [-0.39, 0.29) is 0 Å². The summed E-state index contributed by atoms with van der Waals surface area (Å²) >= 11 is 1.78. The van der Waals surface area contributed by atoms with Crippen molar-refractivity contribution in [1.29, 1.82) is 0 Å². The van der Waals surface area contributed by atoms with Gasteiger partial charge >= 0.3 is 0 Å². The largest absolute Gasteiger partial charge is 0.370 e. The summed E-state index contributed by atoms with van der Waals surface area (Å²) in [5, 5.41) is 5.32. The summed E-state index contributed by atoms with van der Waals surface area (Å²) in [7, 11) is 0. The first-order chi connectivity index (χ1) is 8.25. The number of aliphatic imine (C=N–C) groups is 1. The fraction of sp³-hybridized carbons (Fsp3) is 0.615. The Labute approximate surface area is 107 Å². The van der Waals surface area contributed by atoms with Gasteiger partial charge in [-0.05, 0) is 30.2 Å². The Balaban J connectivity index is 1.71. The maximum Gasteiger partial charge on any atom is 0.188 e. The van der Waals surface area contributed by atoms with Crippen LogP contribution in [0.25, 0.3) is 0 Å². The molecular formula is C13H21N3S. The lowest BCUT2D eigenvalue weighted by Gasteiger charge is -2.25. The summed E-state index contributed by atoms with van der Waals surface area (Å²) in [6.45, 7) is 3.95. The average molecular weight is 251 g/mol. The molecule has 4 heteroatoms. The maximum atomic E-state index is 5.84. The standard InChI is InChI=1S/C13H21N3S/c1-10(12-6-3-7-17-12)8-15-13(14)16-9-11-4-2-5-11/h3,6-7,10-11H,2,4-5,8-9H2,1H3,(H3,14,15,16). The lowest BCUT2D eigenvalue weighted by atomic mass is 9.85. The van der Waals surface area contributed by atoms with Crippen molar-refractivity contribution in [2.45, 2.75) is 32.1 Å². The van der Waals surface area contributed by atoms with Crippen molar-refractivity contribution in [3.05, 3.63) is 22.4 Å². The maximum absolute atomic E-state index is 5.84.